The van der Waals surface area contributed by atoms with Crippen LogP contribution in [0.2, 0.25) is 0 Å². The van der Waals surface area contributed by atoms with Crippen molar-refractivity contribution >= 4 is 33.6 Å². The lowest BCUT2D eigenvalue weighted by Crippen LogP contribution is -2.03. The normalized spacial score (nSPS) is 11.0. The summed E-state index contributed by atoms with van der Waals surface area (Å²) in [6.07, 6.45) is 0. The van der Waals surface area contributed by atoms with E-state index < -0.39 is 0 Å². The highest BCUT2D eigenvalue weighted by Crippen LogP contribution is 2.28. The lowest BCUT2D eigenvalue weighted by atomic mass is 10.1. The number of esters is 1. The van der Waals surface area contributed by atoms with Crippen LogP contribution in [0.3, 0.4) is 0 Å². The van der Waals surface area contributed by atoms with Crippen molar-refractivity contribution < 1.29 is 9.53 Å². The lowest BCUT2D eigenvalue weighted by Gasteiger charge is -2.04. The Morgan fingerprint density at radius 1 is 1.15 bits per heavy atom. The molecule has 26 heavy (non-hydrogen) atoms. The third kappa shape index (κ3) is 2.77. The Balaban J connectivity index is 1.75. The third-order valence-electron chi connectivity index (χ3n) is 4.40. The Hall–Kier alpha value is -3.34. The Labute approximate surface area is 151 Å². The molecule has 0 aliphatic rings. The van der Waals surface area contributed by atoms with Gasteiger partial charge in [0.05, 0.1) is 34.4 Å². The number of ether oxygens (including phenoxy) is 1. The maximum absolute atomic E-state index is 11.8. The van der Waals surface area contributed by atoms with Gasteiger partial charge in [0.1, 0.15) is 0 Å². The van der Waals surface area contributed by atoms with E-state index in [0.29, 0.717) is 12.2 Å². The number of anilines is 1. The quantitative estimate of drug-likeness (QED) is 0.530. The summed E-state index contributed by atoms with van der Waals surface area (Å²) in [5, 5.41) is 4.26. The first-order chi connectivity index (χ1) is 12.7. The Bertz CT molecular complexity index is 1100. The number of fused-ring (bicyclic) bond motifs is 2. The molecular weight excluding hydrogens is 326 g/mol. The molecule has 5 heteroatoms. The second-order valence-electron chi connectivity index (χ2n) is 6.03. The second-order valence-corrected chi connectivity index (χ2v) is 6.03. The zero-order valence-corrected chi connectivity index (χ0v) is 14.7. The maximum atomic E-state index is 11.8. The first kappa shape index (κ1) is 16.1. The van der Waals surface area contributed by atoms with Crippen molar-refractivity contribution in [1.82, 2.24) is 9.97 Å². The Morgan fingerprint density at radius 3 is 2.69 bits per heavy atom. The number of aromatic nitrogens is 2. The highest BCUT2D eigenvalue weighted by molar-refractivity contribution is 5.99. The summed E-state index contributed by atoms with van der Waals surface area (Å²) < 4.78 is 5.02. The van der Waals surface area contributed by atoms with Crippen LogP contribution in [0, 0.1) is 0 Å². The van der Waals surface area contributed by atoms with Crippen LogP contribution in [-0.4, -0.2) is 29.6 Å². The van der Waals surface area contributed by atoms with E-state index in [1.165, 1.54) is 0 Å². The molecule has 0 saturated heterocycles. The molecule has 4 rings (SSSR count). The van der Waals surface area contributed by atoms with Gasteiger partial charge in [0.2, 0.25) is 0 Å². The molecule has 0 aliphatic carbocycles. The molecule has 0 amide bonds. The van der Waals surface area contributed by atoms with Crippen LogP contribution in [-0.2, 0) is 4.74 Å². The fourth-order valence-corrected chi connectivity index (χ4v) is 3.10. The highest BCUT2D eigenvalue weighted by atomic mass is 16.5. The molecule has 0 atom stereocenters. The Morgan fingerprint density at radius 2 is 1.96 bits per heavy atom. The molecule has 0 aliphatic heterocycles. The van der Waals surface area contributed by atoms with Crippen LogP contribution < -0.4 is 5.32 Å². The highest BCUT2D eigenvalue weighted by Gasteiger charge is 2.10. The molecule has 2 aromatic carbocycles. The van der Waals surface area contributed by atoms with Crippen LogP contribution in [0.15, 0.2) is 54.6 Å². The molecule has 130 valence electrons. The number of pyridine rings is 1. The minimum atomic E-state index is -0.303. The molecule has 0 bridgehead atoms. The minimum Gasteiger partial charge on any atom is -0.462 e. The minimum absolute atomic E-state index is 0.303. The topological polar surface area (TPSA) is 67.0 Å². The number of hydrogen-bond donors (Lipinski definition) is 2. The molecule has 5 nitrogen and oxygen atoms in total. The number of aromatic amines is 1. The average Bonchev–Trinajstić information content (AvgIpc) is 3.09. The van der Waals surface area contributed by atoms with Gasteiger partial charge in [0, 0.05) is 18.1 Å². The molecule has 0 saturated carbocycles. The molecule has 2 heterocycles. The van der Waals surface area contributed by atoms with E-state index in [2.05, 4.69) is 22.4 Å². The van der Waals surface area contributed by atoms with Gasteiger partial charge in [0.25, 0.3) is 0 Å². The predicted molar refractivity (Wildman–Crippen MR) is 105 cm³/mol. The van der Waals surface area contributed by atoms with Gasteiger partial charge in [-0.25, -0.2) is 9.78 Å². The molecular formula is C21H19N3O2. The summed E-state index contributed by atoms with van der Waals surface area (Å²) in [6, 6.07) is 17.6. The molecule has 2 N–H and O–H groups in total. The van der Waals surface area contributed by atoms with Crippen LogP contribution in [0.5, 0.6) is 0 Å². The van der Waals surface area contributed by atoms with Crippen molar-refractivity contribution in [3.63, 3.8) is 0 Å². The van der Waals surface area contributed by atoms with E-state index in [9.17, 15) is 4.79 Å². The first-order valence-corrected chi connectivity index (χ1v) is 8.57. The van der Waals surface area contributed by atoms with Crippen LogP contribution in [0.1, 0.15) is 17.3 Å². The average molecular weight is 345 g/mol. The van der Waals surface area contributed by atoms with E-state index in [1.54, 1.807) is 19.1 Å². The fourth-order valence-electron chi connectivity index (χ4n) is 3.10. The van der Waals surface area contributed by atoms with E-state index >= 15 is 0 Å². The van der Waals surface area contributed by atoms with Crippen molar-refractivity contribution in [2.45, 2.75) is 6.92 Å². The lowest BCUT2D eigenvalue weighted by molar-refractivity contribution is 0.0526. The summed E-state index contributed by atoms with van der Waals surface area (Å²) in [5.41, 5.74) is 6.35. The fraction of sp³-hybridized carbons (Fsp3) is 0.143. The standard InChI is InChI=1S/C21H19N3O2/c1-3-26-21(25)14-9-7-13(8-10-14)17-12-19-18(23-17)11-15-5-4-6-16(22-2)20(15)24-19/h4-12,22-23H,3H2,1-2H3. The van der Waals surface area contributed by atoms with Crippen molar-refractivity contribution in [2.24, 2.45) is 0 Å². The van der Waals surface area contributed by atoms with Crippen LogP contribution in [0.25, 0.3) is 33.2 Å². The van der Waals surface area contributed by atoms with E-state index in [0.717, 1.165) is 38.9 Å². The number of hydrogen-bond acceptors (Lipinski definition) is 4. The summed E-state index contributed by atoms with van der Waals surface area (Å²) >= 11 is 0. The number of H-pyrrole nitrogens is 1. The van der Waals surface area contributed by atoms with Gasteiger partial charge in [-0.15, -0.1) is 0 Å². The van der Waals surface area contributed by atoms with Gasteiger partial charge in [0.15, 0.2) is 0 Å². The SMILES string of the molecule is CCOC(=O)c1ccc(-c2cc3nc4c(NC)cccc4cc3[nH]2)cc1. The summed E-state index contributed by atoms with van der Waals surface area (Å²) in [7, 11) is 1.90. The number of rotatable bonds is 4. The summed E-state index contributed by atoms with van der Waals surface area (Å²) in [5.74, 6) is -0.303. The molecule has 0 radical (unpaired) electrons. The van der Waals surface area contributed by atoms with E-state index in [4.69, 9.17) is 9.72 Å². The van der Waals surface area contributed by atoms with Crippen molar-refractivity contribution in [3.05, 3.63) is 60.2 Å². The van der Waals surface area contributed by atoms with Crippen molar-refractivity contribution in [1.29, 1.82) is 0 Å². The van der Waals surface area contributed by atoms with E-state index in [1.807, 2.05) is 37.4 Å². The zero-order valence-electron chi connectivity index (χ0n) is 14.7. The Kier molecular flexibility index (Phi) is 4.05. The molecule has 0 unspecified atom stereocenters. The molecule has 0 fully saturated rings. The largest absolute Gasteiger partial charge is 0.462 e. The number of nitrogens with one attached hydrogen (secondary N) is 2. The molecule has 4 aromatic rings. The number of carbonyl (C=O) groups is 1. The predicted octanol–water partition coefficient (Wildman–Crippen LogP) is 4.60. The number of benzene rings is 2. The zero-order chi connectivity index (χ0) is 18.1. The van der Waals surface area contributed by atoms with Gasteiger partial charge in [-0.1, -0.05) is 24.3 Å². The van der Waals surface area contributed by atoms with Gasteiger partial charge >= 0.3 is 5.97 Å². The smallest absolute Gasteiger partial charge is 0.338 e. The number of para-hydroxylation sites is 1. The maximum Gasteiger partial charge on any atom is 0.338 e. The van der Waals surface area contributed by atoms with Crippen molar-refractivity contribution in [3.8, 4) is 11.3 Å². The molecule has 2 aromatic heterocycles. The van der Waals surface area contributed by atoms with Gasteiger partial charge in [-0.05, 0) is 42.8 Å². The summed E-state index contributed by atoms with van der Waals surface area (Å²) in [6.45, 7) is 2.17. The number of nitrogens with zero attached hydrogens (tertiary/aromatic N) is 1. The van der Waals surface area contributed by atoms with Gasteiger partial charge in [-0.2, -0.15) is 0 Å². The van der Waals surface area contributed by atoms with Gasteiger partial charge < -0.3 is 15.0 Å². The summed E-state index contributed by atoms with van der Waals surface area (Å²) in [4.78, 5) is 20.0. The van der Waals surface area contributed by atoms with E-state index in [-0.39, 0.29) is 5.97 Å². The van der Waals surface area contributed by atoms with Crippen LogP contribution >= 0.6 is 0 Å². The second kappa shape index (κ2) is 6.52. The van der Waals surface area contributed by atoms with Gasteiger partial charge in [-0.3, -0.25) is 0 Å². The monoisotopic (exact) mass is 345 g/mol. The number of carbonyl (C=O) groups excluding carboxylic acids is 1. The third-order valence-corrected chi connectivity index (χ3v) is 4.40. The van der Waals surface area contributed by atoms with Crippen molar-refractivity contribution in [2.75, 3.05) is 19.0 Å². The first-order valence-electron chi connectivity index (χ1n) is 8.57. The molecule has 0 spiro atoms. The van der Waals surface area contributed by atoms with Crippen LogP contribution in [0.4, 0.5) is 5.69 Å².